The molecule has 0 N–H and O–H groups in total. The Balaban J connectivity index is 2.10. The molecule has 0 amide bonds. The summed E-state index contributed by atoms with van der Waals surface area (Å²) >= 11 is 0. The van der Waals surface area contributed by atoms with Crippen molar-refractivity contribution in [1.82, 2.24) is 0 Å². The molecule has 1 heterocycles. The van der Waals surface area contributed by atoms with Gasteiger partial charge in [0.05, 0.1) is 12.2 Å². The van der Waals surface area contributed by atoms with Gasteiger partial charge in [-0.15, -0.1) is 0 Å². The lowest BCUT2D eigenvalue weighted by molar-refractivity contribution is -0.155. The van der Waals surface area contributed by atoms with Gasteiger partial charge in [-0.2, -0.15) is 0 Å². The molecule has 0 spiro atoms. The quantitative estimate of drug-likeness (QED) is 0.533. The molecule has 0 aromatic heterocycles. The molecule has 0 aromatic carbocycles. The summed E-state index contributed by atoms with van der Waals surface area (Å²) in [7, 11) is 0. The van der Waals surface area contributed by atoms with E-state index in [-0.39, 0.29) is 5.79 Å². The zero-order valence-electron chi connectivity index (χ0n) is 7.46. The highest BCUT2D eigenvalue weighted by atomic mass is 16.8. The summed E-state index contributed by atoms with van der Waals surface area (Å²) in [5.41, 5.74) is 0. The van der Waals surface area contributed by atoms with Gasteiger partial charge in [0.2, 0.25) is 0 Å². The fraction of sp³-hybridized carbons (Fsp3) is 1.00. The molecule has 11 heavy (non-hydrogen) atoms. The smallest absolute Gasteiger partial charge is 0.163 e. The minimum Gasteiger partial charge on any atom is -0.345 e. The SMILES string of the molecule is CC1CCC2OC(C)(C)OC12. The monoisotopic (exact) mass is 156 g/mol. The third-order valence-corrected chi connectivity index (χ3v) is 2.69. The van der Waals surface area contributed by atoms with Crippen molar-refractivity contribution in [3.8, 4) is 0 Å². The van der Waals surface area contributed by atoms with Crippen molar-refractivity contribution in [2.45, 2.75) is 51.6 Å². The van der Waals surface area contributed by atoms with Crippen LogP contribution in [0.15, 0.2) is 0 Å². The normalized spacial score (nSPS) is 47.7. The van der Waals surface area contributed by atoms with E-state index in [0.717, 1.165) is 0 Å². The Kier molecular flexibility index (Phi) is 1.52. The molecule has 2 aliphatic rings. The lowest BCUT2D eigenvalue weighted by atomic mass is 10.1. The van der Waals surface area contributed by atoms with Crippen LogP contribution in [-0.4, -0.2) is 18.0 Å². The summed E-state index contributed by atoms with van der Waals surface area (Å²) in [4.78, 5) is 0. The highest BCUT2D eigenvalue weighted by Gasteiger charge is 2.47. The van der Waals surface area contributed by atoms with E-state index in [1.807, 2.05) is 13.8 Å². The fourth-order valence-corrected chi connectivity index (χ4v) is 2.16. The average Bonchev–Trinajstić information content (AvgIpc) is 2.31. The van der Waals surface area contributed by atoms with Crippen LogP contribution in [-0.2, 0) is 9.47 Å². The Labute approximate surface area is 67.9 Å². The Morgan fingerprint density at radius 1 is 1.18 bits per heavy atom. The summed E-state index contributed by atoms with van der Waals surface area (Å²) in [6.45, 7) is 6.24. The van der Waals surface area contributed by atoms with Crippen LogP contribution in [0.5, 0.6) is 0 Å². The van der Waals surface area contributed by atoms with E-state index in [9.17, 15) is 0 Å². The maximum atomic E-state index is 5.76. The summed E-state index contributed by atoms with van der Waals surface area (Å²) < 4.78 is 11.5. The third-order valence-electron chi connectivity index (χ3n) is 2.69. The van der Waals surface area contributed by atoms with Gasteiger partial charge in [0, 0.05) is 0 Å². The molecule has 64 valence electrons. The van der Waals surface area contributed by atoms with E-state index in [4.69, 9.17) is 9.47 Å². The predicted molar refractivity (Wildman–Crippen MR) is 42.2 cm³/mol. The first-order chi connectivity index (χ1) is 5.08. The van der Waals surface area contributed by atoms with Gasteiger partial charge in [-0.3, -0.25) is 0 Å². The van der Waals surface area contributed by atoms with E-state index < -0.39 is 0 Å². The third kappa shape index (κ3) is 1.18. The second kappa shape index (κ2) is 2.20. The standard InChI is InChI=1S/C9H16O2/c1-6-4-5-7-8(6)11-9(2,3)10-7/h6-8H,4-5H2,1-3H3. The summed E-state index contributed by atoms with van der Waals surface area (Å²) in [6, 6.07) is 0. The van der Waals surface area contributed by atoms with Crippen molar-refractivity contribution in [1.29, 1.82) is 0 Å². The van der Waals surface area contributed by atoms with Gasteiger partial charge in [0.15, 0.2) is 5.79 Å². The Morgan fingerprint density at radius 2 is 1.91 bits per heavy atom. The van der Waals surface area contributed by atoms with Gasteiger partial charge in [-0.1, -0.05) is 6.92 Å². The highest BCUT2D eigenvalue weighted by Crippen LogP contribution is 2.40. The van der Waals surface area contributed by atoms with Gasteiger partial charge in [0.25, 0.3) is 0 Å². The Bertz CT molecular complexity index is 165. The molecule has 1 aliphatic carbocycles. The molecule has 0 radical (unpaired) electrons. The molecule has 2 nitrogen and oxygen atoms in total. The van der Waals surface area contributed by atoms with Crippen molar-refractivity contribution < 1.29 is 9.47 Å². The molecule has 1 aliphatic heterocycles. The van der Waals surface area contributed by atoms with E-state index >= 15 is 0 Å². The maximum Gasteiger partial charge on any atom is 0.163 e. The molecule has 2 heteroatoms. The zero-order chi connectivity index (χ0) is 8.06. The molecular weight excluding hydrogens is 140 g/mol. The number of hydrogen-bond donors (Lipinski definition) is 0. The highest BCUT2D eigenvalue weighted by molar-refractivity contribution is 4.90. The Morgan fingerprint density at radius 3 is 2.55 bits per heavy atom. The van der Waals surface area contributed by atoms with Gasteiger partial charge in [0.1, 0.15) is 0 Å². The summed E-state index contributed by atoms with van der Waals surface area (Å²) in [6.07, 6.45) is 3.17. The van der Waals surface area contributed by atoms with Gasteiger partial charge < -0.3 is 9.47 Å². The van der Waals surface area contributed by atoms with E-state index in [2.05, 4.69) is 6.92 Å². The van der Waals surface area contributed by atoms with Crippen LogP contribution >= 0.6 is 0 Å². The first kappa shape index (κ1) is 7.56. The zero-order valence-corrected chi connectivity index (χ0v) is 7.46. The van der Waals surface area contributed by atoms with Crippen LogP contribution in [0.25, 0.3) is 0 Å². The molecule has 0 aromatic rings. The summed E-state index contributed by atoms with van der Waals surface area (Å²) in [5, 5.41) is 0. The van der Waals surface area contributed by atoms with Crippen LogP contribution < -0.4 is 0 Å². The topological polar surface area (TPSA) is 18.5 Å². The lowest BCUT2D eigenvalue weighted by Crippen LogP contribution is -2.23. The van der Waals surface area contributed by atoms with Crippen LogP contribution in [0.1, 0.15) is 33.6 Å². The van der Waals surface area contributed by atoms with Crippen LogP contribution in [0, 0.1) is 5.92 Å². The van der Waals surface area contributed by atoms with Gasteiger partial charge >= 0.3 is 0 Å². The molecule has 1 saturated heterocycles. The molecule has 0 bridgehead atoms. The first-order valence-corrected chi connectivity index (χ1v) is 4.44. The molecule has 3 atom stereocenters. The van der Waals surface area contributed by atoms with Crippen molar-refractivity contribution >= 4 is 0 Å². The first-order valence-electron chi connectivity index (χ1n) is 4.44. The largest absolute Gasteiger partial charge is 0.345 e. The van der Waals surface area contributed by atoms with Gasteiger partial charge in [-0.05, 0) is 32.6 Å². The maximum absolute atomic E-state index is 5.76. The minimum atomic E-state index is -0.329. The van der Waals surface area contributed by atoms with Crippen LogP contribution in [0.2, 0.25) is 0 Å². The second-order valence-corrected chi connectivity index (χ2v) is 4.19. The average molecular weight is 156 g/mol. The van der Waals surface area contributed by atoms with Crippen molar-refractivity contribution in [2.24, 2.45) is 5.92 Å². The van der Waals surface area contributed by atoms with Crippen molar-refractivity contribution in [2.75, 3.05) is 0 Å². The van der Waals surface area contributed by atoms with Gasteiger partial charge in [-0.25, -0.2) is 0 Å². The van der Waals surface area contributed by atoms with E-state index in [1.165, 1.54) is 12.8 Å². The number of rotatable bonds is 0. The molecule has 2 fully saturated rings. The van der Waals surface area contributed by atoms with Crippen molar-refractivity contribution in [3.05, 3.63) is 0 Å². The predicted octanol–water partition coefficient (Wildman–Crippen LogP) is 1.94. The lowest BCUT2D eigenvalue weighted by Gasteiger charge is -2.19. The number of hydrogen-bond acceptors (Lipinski definition) is 2. The minimum absolute atomic E-state index is 0.329. The van der Waals surface area contributed by atoms with Crippen molar-refractivity contribution in [3.63, 3.8) is 0 Å². The molecule has 1 saturated carbocycles. The van der Waals surface area contributed by atoms with E-state index in [0.29, 0.717) is 18.1 Å². The molecule has 3 unspecified atom stereocenters. The van der Waals surface area contributed by atoms with E-state index in [1.54, 1.807) is 0 Å². The molecular formula is C9H16O2. The number of fused-ring (bicyclic) bond motifs is 1. The Hall–Kier alpha value is -0.0800. The molecule has 2 rings (SSSR count). The van der Waals surface area contributed by atoms with Crippen LogP contribution in [0.4, 0.5) is 0 Å². The second-order valence-electron chi connectivity index (χ2n) is 4.19. The summed E-state index contributed by atoms with van der Waals surface area (Å²) in [5.74, 6) is 0.353. The number of ether oxygens (including phenoxy) is 2. The van der Waals surface area contributed by atoms with Crippen LogP contribution in [0.3, 0.4) is 0 Å². The fourth-order valence-electron chi connectivity index (χ4n) is 2.16.